The fraction of sp³-hybridized carbons (Fsp3) is 0.182. The third-order valence-corrected chi connectivity index (χ3v) is 2.06. The molecule has 0 saturated carbocycles. The van der Waals surface area contributed by atoms with Crippen molar-refractivity contribution in [3.05, 3.63) is 30.0 Å². The highest BCUT2D eigenvalue weighted by Gasteiger charge is 2.06. The number of carbonyl (C=O) groups is 1. The van der Waals surface area contributed by atoms with Crippen molar-refractivity contribution in [1.29, 1.82) is 0 Å². The average molecular weight is 218 g/mol. The zero-order chi connectivity index (χ0) is 11.5. The summed E-state index contributed by atoms with van der Waals surface area (Å²) in [4.78, 5) is 19.1. The van der Waals surface area contributed by atoms with Crippen molar-refractivity contribution in [2.24, 2.45) is 0 Å². The fourth-order valence-corrected chi connectivity index (χ4v) is 1.34. The smallest absolute Gasteiger partial charge is 0.335 e. The van der Waals surface area contributed by atoms with Gasteiger partial charge in [-0.25, -0.2) is 14.8 Å². The summed E-state index contributed by atoms with van der Waals surface area (Å²) < 4.78 is 5.19. The van der Waals surface area contributed by atoms with Crippen LogP contribution in [-0.2, 0) is 0 Å². The highest BCUT2D eigenvalue weighted by molar-refractivity contribution is 5.92. The van der Waals surface area contributed by atoms with Crippen molar-refractivity contribution < 1.29 is 14.6 Å². The molecule has 0 aliphatic heterocycles. The van der Waals surface area contributed by atoms with E-state index in [-0.39, 0.29) is 5.56 Å². The quantitative estimate of drug-likeness (QED) is 0.849. The van der Waals surface area contributed by atoms with Crippen LogP contribution in [0, 0.1) is 0 Å². The Kier molecular flexibility index (Phi) is 2.68. The number of hydrogen-bond acceptors (Lipinski definition) is 4. The Morgan fingerprint density at radius 1 is 1.44 bits per heavy atom. The molecule has 0 saturated heterocycles. The van der Waals surface area contributed by atoms with Crippen LogP contribution in [0.5, 0.6) is 5.88 Å². The maximum Gasteiger partial charge on any atom is 0.335 e. The van der Waals surface area contributed by atoms with Crippen LogP contribution in [0.4, 0.5) is 0 Å². The number of rotatable bonds is 3. The minimum atomic E-state index is -0.981. The van der Waals surface area contributed by atoms with Gasteiger partial charge < -0.3 is 9.84 Å². The molecule has 0 aliphatic rings. The second kappa shape index (κ2) is 4.14. The van der Waals surface area contributed by atoms with Gasteiger partial charge in [-0.2, -0.15) is 0 Å². The van der Waals surface area contributed by atoms with Gasteiger partial charge in [-0.05, 0) is 25.1 Å². The average Bonchev–Trinajstić information content (AvgIpc) is 2.28. The second-order valence-corrected chi connectivity index (χ2v) is 3.15. The summed E-state index contributed by atoms with van der Waals surface area (Å²) in [7, 11) is 0. The van der Waals surface area contributed by atoms with E-state index in [1.54, 1.807) is 6.07 Å². The maximum absolute atomic E-state index is 10.8. The molecule has 5 nitrogen and oxygen atoms in total. The van der Waals surface area contributed by atoms with E-state index in [2.05, 4.69) is 9.97 Å². The van der Waals surface area contributed by atoms with E-state index in [1.807, 2.05) is 6.92 Å². The van der Waals surface area contributed by atoms with Crippen LogP contribution in [0.2, 0.25) is 0 Å². The van der Waals surface area contributed by atoms with Crippen molar-refractivity contribution in [2.75, 3.05) is 6.61 Å². The van der Waals surface area contributed by atoms with Gasteiger partial charge in [-0.1, -0.05) is 0 Å². The number of nitrogens with zero attached hydrogens (tertiary/aromatic N) is 2. The molecule has 16 heavy (non-hydrogen) atoms. The highest BCUT2D eigenvalue weighted by atomic mass is 16.5. The molecule has 82 valence electrons. The minimum Gasteiger partial charge on any atom is -0.478 e. The van der Waals surface area contributed by atoms with Gasteiger partial charge in [0.25, 0.3) is 0 Å². The van der Waals surface area contributed by atoms with Gasteiger partial charge >= 0.3 is 5.97 Å². The van der Waals surface area contributed by atoms with Crippen LogP contribution < -0.4 is 4.74 Å². The maximum atomic E-state index is 10.8. The summed E-state index contributed by atoms with van der Waals surface area (Å²) in [6.45, 7) is 2.35. The number of carboxylic acids is 1. The zero-order valence-electron chi connectivity index (χ0n) is 8.67. The van der Waals surface area contributed by atoms with Crippen molar-refractivity contribution in [1.82, 2.24) is 9.97 Å². The number of hydrogen-bond donors (Lipinski definition) is 1. The molecule has 0 spiro atoms. The molecule has 0 atom stereocenters. The first-order valence-corrected chi connectivity index (χ1v) is 4.83. The minimum absolute atomic E-state index is 0.190. The molecule has 0 amide bonds. The fourth-order valence-electron chi connectivity index (χ4n) is 1.34. The number of ether oxygens (including phenoxy) is 1. The lowest BCUT2D eigenvalue weighted by molar-refractivity contribution is 0.0697. The largest absolute Gasteiger partial charge is 0.478 e. The molecular formula is C11H10N2O3. The van der Waals surface area contributed by atoms with Crippen molar-refractivity contribution in [3.63, 3.8) is 0 Å². The number of aromatic nitrogens is 2. The van der Waals surface area contributed by atoms with Gasteiger partial charge in [0.1, 0.15) is 0 Å². The van der Waals surface area contributed by atoms with Crippen LogP contribution in [-0.4, -0.2) is 27.7 Å². The molecule has 1 aromatic carbocycles. The van der Waals surface area contributed by atoms with Crippen LogP contribution in [0.3, 0.4) is 0 Å². The van der Waals surface area contributed by atoms with Crippen LogP contribution >= 0.6 is 0 Å². The molecule has 1 N–H and O–H groups in total. The van der Waals surface area contributed by atoms with Crippen molar-refractivity contribution in [2.45, 2.75) is 6.92 Å². The standard InChI is InChI=1S/C11H10N2O3/c1-2-16-10-6-12-8-4-3-7(11(14)15)5-9(8)13-10/h3-6H,2H2,1H3,(H,14,15). The predicted octanol–water partition coefficient (Wildman–Crippen LogP) is 1.73. The van der Waals surface area contributed by atoms with Gasteiger partial charge in [-0.3, -0.25) is 0 Å². The summed E-state index contributed by atoms with van der Waals surface area (Å²) in [5.41, 5.74) is 1.36. The lowest BCUT2D eigenvalue weighted by atomic mass is 10.2. The van der Waals surface area contributed by atoms with E-state index in [4.69, 9.17) is 9.84 Å². The molecule has 2 rings (SSSR count). The van der Waals surface area contributed by atoms with Crippen LogP contribution in [0.1, 0.15) is 17.3 Å². The molecule has 0 aliphatic carbocycles. The molecule has 0 radical (unpaired) electrons. The third-order valence-electron chi connectivity index (χ3n) is 2.06. The lowest BCUT2D eigenvalue weighted by Gasteiger charge is -2.03. The van der Waals surface area contributed by atoms with E-state index in [0.29, 0.717) is 23.5 Å². The lowest BCUT2D eigenvalue weighted by Crippen LogP contribution is -1.99. The van der Waals surface area contributed by atoms with E-state index < -0.39 is 5.97 Å². The Morgan fingerprint density at radius 2 is 2.25 bits per heavy atom. The molecule has 0 fully saturated rings. The van der Waals surface area contributed by atoms with Crippen molar-refractivity contribution in [3.8, 4) is 5.88 Å². The number of aromatic carboxylic acids is 1. The first-order chi connectivity index (χ1) is 7.70. The molecule has 1 aromatic heterocycles. The van der Waals surface area contributed by atoms with Crippen LogP contribution in [0.25, 0.3) is 11.0 Å². The molecule has 5 heteroatoms. The summed E-state index contributed by atoms with van der Waals surface area (Å²) in [6.07, 6.45) is 1.52. The van der Waals surface area contributed by atoms with Crippen LogP contribution in [0.15, 0.2) is 24.4 Å². The Morgan fingerprint density at radius 3 is 2.94 bits per heavy atom. The Labute approximate surface area is 91.7 Å². The monoisotopic (exact) mass is 218 g/mol. The molecule has 1 heterocycles. The van der Waals surface area contributed by atoms with Gasteiger partial charge in [0, 0.05) is 0 Å². The third kappa shape index (κ3) is 1.93. The normalized spacial score (nSPS) is 10.3. The Bertz CT molecular complexity index is 540. The summed E-state index contributed by atoms with van der Waals surface area (Å²) in [5.74, 6) is -0.581. The second-order valence-electron chi connectivity index (χ2n) is 3.15. The molecule has 0 unspecified atom stereocenters. The van der Waals surface area contributed by atoms with E-state index in [1.165, 1.54) is 18.3 Å². The summed E-state index contributed by atoms with van der Waals surface area (Å²) in [6, 6.07) is 4.61. The Balaban J connectivity index is 2.52. The van der Waals surface area contributed by atoms with E-state index in [0.717, 1.165) is 0 Å². The number of benzene rings is 1. The predicted molar refractivity (Wildman–Crippen MR) is 57.7 cm³/mol. The molecule has 0 bridgehead atoms. The summed E-state index contributed by atoms with van der Waals surface area (Å²) in [5, 5.41) is 8.84. The Hall–Kier alpha value is -2.17. The zero-order valence-corrected chi connectivity index (χ0v) is 8.67. The summed E-state index contributed by atoms with van der Waals surface area (Å²) >= 11 is 0. The van der Waals surface area contributed by atoms with Gasteiger partial charge in [0.05, 0.1) is 29.4 Å². The molecular weight excluding hydrogens is 208 g/mol. The molecule has 2 aromatic rings. The van der Waals surface area contributed by atoms with Crippen molar-refractivity contribution >= 4 is 17.0 Å². The van der Waals surface area contributed by atoms with Gasteiger partial charge in [0.2, 0.25) is 5.88 Å². The SMILES string of the molecule is CCOc1cnc2ccc(C(=O)O)cc2n1. The first-order valence-electron chi connectivity index (χ1n) is 4.83. The number of fused-ring (bicyclic) bond motifs is 1. The first kappa shape index (κ1) is 10.4. The van der Waals surface area contributed by atoms with E-state index in [9.17, 15) is 4.79 Å². The van der Waals surface area contributed by atoms with Gasteiger partial charge in [-0.15, -0.1) is 0 Å². The highest BCUT2D eigenvalue weighted by Crippen LogP contribution is 2.15. The van der Waals surface area contributed by atoms with E-state index >= 15 is 0 Å². The topological polar surface area (TPSA) is 72.3 Å². The van der Waals surface area contributed by atoms with Gasteiger partial charge in [0.15, 0.2) is 0 Å². The number of carboxylic acid groups (broad SMARTS) is 1.